The molecule has 34 heavy (non-hydrogen) atoms. The molecular weight excluding hydrogens is 470 g/mol. The van der Waals surface area contributed by atoms with Gasteiger partial charge in [-0.25, -0.2) is 9.97 Å². The largest absolute Gasteiger partial charge is 0.370 e. The van der Waals surface area contributed by atoms with Crippen molar-refractivity contribution in [3.63, 3.8) is 0 Å². The molecule has 2 aromatic rings. The first-order valence-corrected chi connectivity index (χ1v) is 12.9. The van der Waals surface area contributed by atoms with E-state index in [4.69, 9.17) is 11.6 Å². The quantitative estimate of drug-likeness (QED) is 0.665. The van der Waals surface area contributed by atoms with Gasteiger partial charge in [-0.2, -0.15) is 0 Å². The average Bonchev–Trinajstić information content (AvgIpc) is 3.40. The molecule has 0 radical (unpaired) electrons. The van der Waals surface area contributed by atoms with Gasteiger partial charge in [0, 0.05) is 43.0 Å². The fraction of sp³-hybridized carbons (Fsp3) is 0.440. The summed E-state index contributed by atoms with van der Waals surface area (Å²) >= 11 is 7.79. The highest BCUT2D eigenvalue weighted by molar-refractivity contribution is 7.14. The van der Waals surface area contributed by atoms with Crippen LogP contribution < -0.4 is 10.2 Å². The van der Waals surface area contributed by atoms with Crippen LogP contribution in [0.15, 0.2) is 47.0 Å². The third-order valence-corrected chi connectivity index (χ3v) is 8.48. The summed E-state index contributed by atoms with van der Waals surface area (Å²) in [5.74, 6) is 0.252. The van der Waals surface area contributed by atoms with E-state index in [0.717, 1.165) is 55.3 Å². The van der Waals surface area contributed by atoms with E-state index in [0.29, 0.717) is 10.8 Å². The summed E-state index contributed by atoms with van der Waals surface area (Å²) in [6.45, 7) is 4.60. The fourth-order valence-electron chi connectivity index (χ4n) is 5.21. The van der Waals surface area contributed by atoms with Gasteiger partial charge in [-0.15, -0.1) is 11.3 Å². The summed E-state index contributed by atoms with van der Waals surface area (Å²) in [5.41, 5.74) is 1.99. The van der Waals surface area contributed by atoms with E-state index < -0.39 is 0 Å². The smallest absolute Gasteiger partial charge is 0.276 e. The van der Waals surface area contributed by atoms with E-state index in [-0.39, 0.29) is 29.1 Å². The second-order valence-electron chi connectivity index (χ2n) is 9.45. The molecule has 0 bridgehead atoms. The molecule has 2 aromatic heterocycles. The molecule has 178 valence electrons. The van der Waals surface area contributed by atoms with Crippen LogP contribution in [-0.4, -0.2) is 53.4 Å². The lowest BCUT2D eigenvalue weighted by atomic mass is 9.77. The van der Waals surface area contributed by atoms with Crippen molar-refractivity contribution < 1.29 is 9.59 Å². The van der Waals surface area contributed by atoms with Gasteiger partial charge in [0.1, 0.15) is 5.69 Å². The van der Waals surface area contributed by atoms with Crippen LogP contribution in [0.3, 0.4) is 0 Å². The number of hydrogen-bond acceptors (Lipinski definition) is 6. The van der Waals surface area contributed by atoms with Crippen LogP contribution >= 0.6 is 22.9 Å². The Bertz CT molecular complexity index is 1150. The van der Waals surface area contributed by atoms with Crippen molar-refractivity contribution in [1.82, 2.24) is 14.9 Å². The van der Waals surface area contributed by atoms with Gasteiger partial charge in [0.25, 0.3) is 5.91 Å². The van der Waals surface area contributed by atoms with Gasteiger partial charge in [-0.1, -0.05) is 30.7 Å². The van der Waals surface area contributed by atoms with Gasteiger partial charge in [0.2, 0.25) is 5.91 Å². The maximum absolute atomic E-state index is 12.7. The predicted molar refractivity (Wildman–Crippen MR) is 135 cm³/mol. The highest BCUT2D eigenvalue weighted by Crippen LogP contribution is 2.42. The number of carbonyl (C=O) groups excluding carboxylic acids is 2. The highest BCUT2D eigenvalue weighted by Gasteiger charge is 2.46. The maximum atomic E-state index is 12.7. The van der Waals surface area contributed by atoms with Crippen LogP contribution in [0.1, 0.15) is 48.3 Å². The Labute approximate surface area is 208 Å². The number of halogens is 1. The van der Waals surface area contributed by atoms with Gasteiger partial charge < -0.3 is 9.80 Å². The van der Waals surface area contributed by atoms with Crippen molar-refractivity contribution in [3.05, 3.63) is 58.4 Å². The van der Waals surface area contributed by atoms with E-state index in [1.807, 2.05) is 35.5 Å². The third-order valence-electron chi connectivity index (χ3n) is 7.35. The number of allylic oxidation sites excluding steroid dienone is 4. The predicted octanol–water partition coefficient (Wildman–Crippen LogP) is 4.65. The zero-order chi connectivity index (χ0) is 23.9. The Kier molecular flexibility index (Phi) is 6.20. The summed E-state index contributed by atoms with van der Waals surface area (Å²) < 4.78 is 0. The Balaban J connectivity index is 1.20. The summed E-state index contributed by atoms with van der Waals surface area (Å²) in [6, 6.07) is 3.67. The molecule has 2 fully saturated rings. The summed E-state index contributed by atoms with van der Waals surface area (Å²) in [7, 11) is 1.89. The van der Waals surface area contributed by atoms with Crippen molar-refractivity contribution in [3.8, 4) is 0 Å². The van der Waals surface area contributed by atoms with Gasteiger partial charge in [-0.05, 0) is 43.4 Å². The SMILES string of the molecule is CC1C=CC=C(Cl)C1c1csc(NC(=O)c2ccc(N3CCC4(CCN(C)C4=O)CC3)cn2)n1. The molecule has 3 aliphatic rings. The molecule has 2 aliphatic heterocycles. The minimum absolute atomic E-state index is 0.00887. The van der Waals surface area contributed by atoms with E-state index in [2.05, 4.69) is 33.2 Å². The Hall–Kier alpha value is -2.71. The molecule has 1 N–H and O–H groups in total. The molecule has 4 heterocycles. The minimum atomic E-state index is -0.289. The number of carbonyl (C=O) groups is 2. The number of anilines is 2. The normalized spacial score (nSPS) is 24.0. The molecular formula is C25H28ClN5O2S. The number of pyridine rings is 1. The lowest BCUT2D eigenvalue weighted by Crippen LogP contribution is -2.44. The Morgan fingerprint density at radius 3 is 2.65 bits per heavy atom. The number of thiazole rings is 1. The van der Waals surface area contributed by atoms with Crippen molar-refractivity contribution in [2.75, 3.05) is 36.9 Å². The molecule has 7 nitrogen and oxygen atoms in total. The molecule has 5 rings (SSSR count). The van der Waals surface area contributed by atoms with Gasteiger partial charge >= 0.3 is 0 Å². The maximum Gasteiger partial charge on any atom is 0.276 e. The molecule has 2 amide bonds. The lowest BCUT2D eigenvalue weighted by molar-refractivity contribution is -0.135. The van der Waals surface area contributed by atoms with E-state index >= 15 is 0 Å². The molecule has 9 heteroatoms. The summed E-state index contributed by atoms with van der Waals surface area (Å²) in [4.78, 5) is 38.4. The molecule has 0 saturated carbocycles. The van der Waals surface area contributed by atoms with E-state index in [1.165, 1.54) is 11.3 Å². The monoisotopic (exact) mass is 497 g/mol. The zero-order valence-electron chi connectivity index (χ0n) is 19.3. The van der Waals surface area contributed by atoms with Crippen molar-refractivity contribution in [2.24, 2.45) is 11.3 Å². The van der Waals surface area contributed by atoms with Crippen LogP contribution in [-0.2, 0) is 4.79 Å². The number of likely N-dealkylation sites (tertiary alicyclic amines) is 1. The van der Waals surface area contributed by atoms with Crippen molar-refractivity contribution in [2.45, 2.75) is 32.1 Å². The van der Waals surface area contributed by atoms with Crippen LogP contribution in [0.25, 0.3) is 0 Å². The van der Waals surface area contributed by atoms with E-state index in [9.17, 15) is 9.59 Å². The number of nitrogens with zero attached hydrogens (tertiary/aromatic N) is 4. The van der Waals surface area contributed by atoms with Gasteiger partial charge in [0.05, 0.1) is 23.0 Å². The van der Waals surface area contributed by atoms with Gasteiger partial charge in [-0.3, -0.25) is 14.9 Å². The molecule has 1 aliphatic carbocycles. The number of amides is 2. The second kappa shape index (κ2) is 9.15. The molecule has 2 atom stereocenters. The summed E-state index contributed by atoms with van der Waals surface area (Å²) in [6.07, 6.45) is 10.4. The number of aromatic nitrogens is 2. The number of nitrogens with one attached hydrogen (secondary N) is 1. The lowest BCUT2D eigenvalue weighted by Gasteiger charge is -2.38. The Morgan fingerprint density at radius 2 is 2.00 bits per heavy atom. The number of piperidine rings is 1. The first kappa shape index (κ1) is 23.1. The van der Waals surface area contributed by atoms with Crippen LogP contribution in [0.4, 0.5) is 10.8 Å². The van der Waals surface area contributed by atoms with Crippen molar-refractivity contribution >= 4 is 45.6 Å². The van der Waals surface area contributed by atoms with Crippen LogP contribution in [0.2, 0.25) is 0 Å². The third kappa shape index (κ3) is 4.25. The number of hydrogen-bond donors (Lipinski definition) is 1. The standard InChI is InChI=1S/C25H28ClN5O2S/c1-16-4-3-5-18(26)21(16)20-15-34-24(28-20)29-22(32)19-7-6-17(14-27-19)31-12-9-25(10-13-31)8-11-30(2)23(25)33/h3-7,14-16,21H,8-13H2,1-2H3,(H,28,29,32). The zero-order valence-corrected chi connectivity index (χ0v) is 20.9. The number of rotatable bonds is 4. The minimum Gasteiger partial charge on any atom is -0.370 e. The van der Waals surface area contributed by atoms with Crippen LogP contribution in [0.5, 0.6) is 0 Å². The van der Waals surface area contributed by atoms with Crippen LogP contribution in [0, 0.1) is 11.3 Å². The second-order valence-corrected chi connectivity index (χ2v) is 10.7. The van der Waals surface area contributed by atoms with E-state index in [1.54, 1.807) is 12.3 Å². The fourth-order valence-corrected chi connectivity index (χ4v) is 6.33. The highest BCUT2D eigenvalue weighted by atomic mass is 35.5. The average molecular weight is 498 g/mol. The molecule has 0 aromatic carbocycles. The topological polar surface area (TPSA) is 78.4 Å². The first-order valence-electron chi connectivity index (χ1n) is 11.6. The molecule has 2 unspecified atom stereocenters. The summed E-state index contributed by atoms with van der Waals surface area (Å²) in [5, 5.41) is 6.09. The van der Waals surface area contributed by atoms with Crippen molar-refractivity contribution in [1.29, 1.82) is 0 Å². The van der Waals surface area contributed by atoms with Gasteiger partial charge in [0.15, 0.2) is 5.13 Å². The first-order chi connectivity index (χ1) is 16.4. The molecule has 1 spiro atoms. The Morgan fingerprint density at radius 1 is 1.24 bits per heavy atom. The molecule has 2 saturated heterocycles.